The van der Waals surface area contributed by atoms with Crippen molar-refractivity contribution in [1.82, 2.24) is 20.1 Å². The summed E-state index contributed by atoms with van der Waals surface area (Å²) < 4.78 is 15.1. The first-order valence-corrected chi connectivity index (χ1v) is 9.22. The lowest BCUT2D eigenvalue weighted by atomic mass is 10.1. The molecule has 1 fully saturated rings. The van der Waals surface area contributed by atoms with E-state index in [4.69, 9.17) is 0 Å². The van der Waals surface area contributed by atoms with Gasteiger partial charge in [-0.2, -0.15) is 0 Å². The van der Waals surface area contributed by atoms with Crippen molar-refractivity contribution in [2.75, 3.05) is 0 Å². The minimum Gasteiger partial charge on any atom is -0.352 e. The number of halogens is 1. The Bertz CT molecular complexity index is 747. The van der Waals surface area contributed by atoms with Gasteiger partial charge in [-0.05, 0) is 43.5 Å². The molecule has 1 aromatic carbocycles. The number of aromatic nitrogens is 3. The Kier molecular flexibility index (Phi) is 4.51. The number of rotatable bonds is 3. The Morgan fingerprint density at radius 1 is 1.04 bits per heavy atom. The normalized spacial score (nSPS) is 20.9. The zero-order chi connectivity index (χ0) is 17.2. The molecular weight excluding hydrogens is 319 g/mol. The minimum atomic E-state index is -0.285. The van der Waals surface area contributed by atoms with Crippen LogP contribution < -0.4 is 5.32 Å². The van der Waals surface area contributed by atoms with E-state index in [-0.39, 0.29) is 23.8 Å². The highest BCUT2D eigenvalue weighted by Gasteiger charge is 2.33. The molecule has 132 valence electrons. The summed E-state index contributed by atoms with van der Waals surface area (Å²) >= 11 is 0. The molecule has 0 spiro atoms. The van der Waals surface area contributed by atoms with Gasteiger partial charge in [0.05, 0.1) is 0 Å². The predicted octanol–water partition coefficient (Wildman–Crippen LogP) is 3.41. The lowest BCUT2D eigenvalue weighted by Gasteiger charge is -2.21. The number of hydrogen-bond donors (Lipinski definition) is 1. The number of aryl methyl sites for hydroxylation is 1. The monoisotopic (exact) mass is 342 g/mol. The number of fused-ring (bicyclic) bond motifs is 1. The van der Waals surface area contributed by atoms with Crippen LogP contribution in [0.4, 0.5) is 4.39 Å². The molecule has 0 radical (unpaired) electrons. The molecule has 1 atom stereocenters. The van der Waals surface area contributed by atoms with Gasteiger partial charge in [-0.1, -0.05) is 25.7 Å². The van der Waals surface area contributed by atoms with Gasteiger partial charge >= 0.3 is 0 Å². The summed E-state index contributed by atoms with van der Waals surface area (Å²) in [6.45, 7) is 0. The second-order valence-corrected chi connectivity index (χ2v) is 7.07. The second kappa shape index (κ2) is 6.94. The first-order chi connectivity index (χ1) is 12.2. The van der Waals surface area contributed by atoms with E-state index < -0.39 is 0 Å². The van der Waals surface area contributed by atoms with Crippen LogP contribution in [0.2, 0.25) is 0 Å². The number of hydrogen-bond acceptors (Lipinski definition) is 3. The molecule has 2 heterocycles. The molecule has 2 aliphatic rings. The third-order valence-electron chi connectivity index (χ3n) is 5.33. The van der Waals surface area contributed by atoms with Crippen molar-refractivity contribution in [2.24, 2.45) is 0 Å². The van der Waals surface area contributed by atoms with Crippen LogP contribution in [0.1, 0.15) is 56.8 Å². The molecule has 4 rings (SSSR count). The maximum atomic E-state index is 13.2. The SMILES string of the molecule is O=C(NC1CCCCCC1)C1CCc2nnc(-c3ccc(F)cc3)n21. The molecule has 1 unspecified atom stereocenters. The number of carbonyl (C=O) groups excluding carboxylic acids is 1. The molecule has 0 saturated heterocycles. The Morgan fingerprint density at radius 2 is 1.76 bits per heavy atom. The van der Waals surface area contributed by atoms with E-state index in [1.54, 1.807) is 12.1 Å². The summed E-state index contributed by atoms with van der Waals surface area (Å²) in [7, 11) is 0. The maximum absolute atomic E-state index is 13.2. The summed E-state index contributed by atoms with van der Waals surface area (Å²) in [5.41, 5.74) is 0.786. The van der Waals surface area contributed by atoms with Crippen molar-refractivity contribution < 1.29 is 9.18 Å². The number of amides is 1. The fraction of sp³-hybridized carbons (Fsp3) is 0.526. The standard InChI is InChI=1S/C19H23FN4O/c20-14-9-7-13(8-10-14)18-23-22-17-12-11-16(24(17)18)19(25)21-15-5-3-1-2-4-6-15/h7-10,15-16H,1-6,11-12H2,(H,21,25). The van der Waals surface area contributed by atoms with Crippen molar-refractivity contribution >= 4 is 5.91 Å². The molecule has 1 aromatic heterocycles. The fourth-order valence-corrected chi connectivity index (χ4v) is 3.98. The van der Waals surface area contributed by atoms with Crippen LogP contribution in [0.3, 0.4) is 0 Å². The van der Waals surface area contributed by atoms with Crippen LogP contribution in [0.15, 0.2) is 24.3 Å². The first kappa shape index (κ1) is 16.2. The van der Waals surface area contributed by atoms with Crippen LogP contribution in [0, 0.1) is 5.82 Å². The highest BCUT2D eigenvalue weighted by Crippen LogP contribution is 2.31. The molecule has 1 amide bonds. The molecule has 2 aromatic rings. The topological polar surface area (TPSA) is 59.8 Å². The van der Waals surface area contributed by atoms with Crippen LogP contribution in [0.25, 0.3) is 11.4 Å². The number of nitrogens with one attached hydrogen (secondary N) is 1. The summed E-state index contributed by atoms with van der Waals surface area (Å²) in [6.07, 6.45) is 8.54. The van der Waals surface area contributed by atoms with Gasteiger partial charge in [0.1, 0.15) is 17.7 Å². The van der Waals surface area contributed by atoms with Gasteiger partial charge in [0.25, 0.3) is 0 Å². The Balaban J connectivity index is 1.55. The van der Waals surface area contributed by atoms with E-state index >= 15 is 0 Å². The summed E-state index contributed by atoms with van der Waals surface area (Å²) in [5, 5.41) is 11.7. The molecule has 1 aliphatic carbocycles. The van der Waals surface area contributed by atoms with Gasteiger partial charge in [-0.15, -0.1) is 10.2 Å². The highest BCUT2D eigenvalue weighted by molar-refractivity contribution is 5.82. The van der Waals surface area contributed by atoms with Crippen molar-refractivity contribution in [3.05, 3.63) is 35.9 Å². The summed E-state index contributed by atoms with van der Waals surface area (Å²) in [6, 6.07) is 6.20. The van der Waals surface area contributed by atoms with E-state index in [0.717, 1.165) is 37.1 Å². The molecule has 6 heteroatoms. The number of nitrogens with zero attached hydrogens (tertiary/aromatic N) is 3. The highest BCUT2D eigenvalue weighted by atomic mass is 19.1. The molecule has 5 nitrogen and oxygen atoms in total. The molecule has 0 bridgehead atoms. The van der Waals surface area contributed by atoms with Gasteiger partial charge < -0.3 is 5.32 Å². The lowest BCUT2D eigenvalue weighted by Crippen LogP contribution is -2.38. The Morgan fingerprint density at radius 3 is 2.48 bits per heavy atom. The van der Waals surface area contributed by atoms with Crippen molar-refractivity contribution in [3.63, 3.8) is 0 Å². The van der Waals surface area contributed by atoms with Crippen molar-refractivity contribution in [1.29, 1.82) is 0 Å². The quantitative estimate of drug-likeness (QED) is 0.870. The van der Waals surface area contributed by atoms with Crippen molar-refractivity contribution in [2.45, 2.75) is 63.5 Å². The summed E-state index contributed by atoms with van der Waals surface area (Å²) in [5.74, 6) is 1.26. The molecule has 1 N–H and O–H groups in total. The third-order valence-corrected chi connectivity index (χ3v) is 5.33. The largest absolute Gasteiger partial charge is 0.352 e. The molecule has 25 heavy (non-hydrogen) atoms. The molecule has 1 aliphatic heterocycles. The van der Waals surface area contributed by atoms with E-state index in [0.29, 0.717) is 5.82 Å². The zero-order valence-electron chi connectivity index (χ0n) is 14.2. The van der Waals surface area contributed by atoms with Crippen molar-refractivity contribution in [3.8, 4) is 11.4 Å². The van der Waals surface area contributed by atoms with E-state index in [2.05, 4.69) is 15.5 Å². The van der Waals surface area contributed by atoms with Gasteiger partial charge in [0.15, 0.2) is 5.82 Å². The molecule has 1 saturated carbocycles. The smallest absolute Gasteiger partial charge is 0.243 e. The van der Waals surface area contributed by atoms with Gasteiger partial charge in [0, 0.05) is 18.0 Å². The van der Waals surface area contributed by atoms with Gasteiger partial charge in [-0.25, -0.2) is 4.39 Å². The van der Waals surface area contributed by atoms with Gasteiger partial charge in [0.2, 0.25) is 5.91 Å². The average molecular weight is 342 g/mol. The lowest BCUT2D eigenvalue weighted by molar-refractivity contribution is -0.124. The summed E-state index contributed by atoms with van der Waals surface area (Å²) in [4.78, 5) is 12.9. The Labute approximate surface area is 146 Å². The third kappa shape index (κ3) is 3.30. The Hall–Kier alpha value is -2.24. The minimum absolute atomic E-state index is 0.0637. The van der Waals surface area contributed by atoms with E-state index in [1.165, 1.54) is 37.8 Å². The second-order valence-electron chi connectivity index (χ2n) is 7.07. The van der Waals surface area contributed by atoms with Crippen LogP contribution in [0.5, 0.6) is 0 Å². The molecular formula is C19H23FN4O. The first-order valence-electron chi connectivity index (χ1n) is 9.22. The van der Waals surface area contributed by atoms with Crippen LogP contribution >= 0.6 is 0 Å². The zero-order valence-corrected chi connectivity index (χ0v) is 14.2. The van der Waals surface area contributed by atoms with Crippen LogP contribution in [-0.2, 0) is 11.2 Å². The maximum Gasteiger partial charge on any atom is 0.243 e. The van der Waals surface area contributed by atoms with Gasteiger partial charge in [-0.3, -0.25) is 9.36 Å². The number of carbonyl (C=O) groups is 1. The number of benzene rings is 1. The average Bonchev–Trinajstić information content (AvgIpc) is 3.11. The predicted molar refractivity (Wildman–Crippen MR) is 92.4 cm³/mol. The van der Waals surface area contributed by atoms with E-state index in [9.17, 15) is 9.18 Å². The fourth-order valence-electron chi connectivity index (χ4n) is 3.98. The van der Waals surface area contributed by atoms with E-state index in [1.807, 2.05) is 4.57 Å². The van der Waals surface area contributed by atoms with Crippen LogP contribution in [-0.4, -0.2) is 26.7 Å².